The molecule has 2 aromatic carbocycles. The predicted molar refractivity (Wildman–Crippen MR) is 168 cm³/mol. The molecule has 0 radical (unpaired) electrons. The maximum Gasteiger partial charge on any atom is 0.343 e. The number of rotatable bonds is 4. The first-order valence-corrected chi connectivity index (χ1v) is 16.5. The number of carboxylic acids is 2. The summed E-state index contributed by atoms with van der Waals surface area (Å²) in [5.74, 6) is 4.89. The lowest BCUT2D eigenvalue weighted by Crippen LogP contribution is -2.31. The van der Waals surface area contributed by atoms with E-state index in [0.717, 1.165) is 47.0 Å². The van der Waals surface area contributed by atoms with Gasteiger partial charge in [0, 0.05) is 59.3 Å². The van der Waals surface area contributed by atoms with Gasteiger partial charge >= 0.3 is 11.9 Å². The van der Waals surface area contributed by atoms with E-state index in [4.69, 9.17) is 18.9 Å². The molecule has 4 aliphatic heterocycles. The van der Waals surface area contributed by atoms with Crippen LogP contribution >= 0.6 is 47.0 Å². The van der Waals surface area contributed by atoms with Crippen molar-refractivity contribution >= 4 is 59.0 Å². The molecule has 4 heterocycles. The Balaban J connectivity index is 1.68. The number of carboxylic acid groups (broad SMARTS) is 2. The lowest BCUT2D eigenvalue weighted by Gasteiger charge is -2.20. The maximum absolute atomic E-state index is 12.9. The van der Waals surface area contributed by atoms with E-state index in [0.29, 0.717) is 20.9 Å². The summed E-state index contributed by atoms with van der Waals surface area (Å²) in [5.41, 5.74) is 0.298. The van der Waals surface area contributed by atoms with E-state index in [1.807, 2.05) is 24.4 Å². The zero-order valence-electron chi connectivity index (χ0n) is 24.5. The van der Waals surface area contributed by atoms with E-state index < -0.39 is 31.7 Å². The molecule has 0 amide bonds. The van der Waals surface area contributed by atoms with Gasteiger partial charge in [0.1, 0.15) is 24.4 Å². The molecule has 6 N–H and O–H groups in total. The molecule has 0 aliphatic carbocycles. The number of hydrogen-bond acceptors (Lipinski definition) is 14. The molecule has 0 saturated heterocycles. The number of aromatic carboxylic acids is 2. The number of aliphatic hydroxyl groups excluding tert-OH is 4. The molecule has 0 bridgehead atoms. The molecule has 47 heavy (non-hydrogen) atoms. The fourth-order valence-corrected chi connectivity index (χ4v) is 11.2. The van der Waals surface area contributed by atoms with Crippen molar-refractivity contribution < 1.29 is 59.2 Å². The van der Waals surface area contributed by atoms with Gasteiger partial charge in [0.25, 0.3) is 0 Å². The summed E-state index contributed by atoms with van der Waals surface area (Å²) in [6.45, 7) is 6.39. The van der Waals surface area contributed by atoms with Crippen LogP contribution in [0.15, 0.2) is 19.6 Å². The Morgan fingerprint density at radius 3 is 1.23 bits per heavy atom. The standard InChI is InChI=1S/C31H20O12S4/c1-28(2)40-18-14(19-21(43-29(3,4)41-19)16(26(36)37)20(18)42-28)13-15-22-24(46-30(44-22,5-9-32)6-10-33)17(27(38)39)25-23(15)45-31(47-25,7-11-34)8-12-35/h32-35H,13H2,1-4H3,(H,36,37)(H,38,39). The average Bonchev–Trinajstić information content (AvgIpc) is 3.68. The van der Waals surface area contributed by atoms with Gasteiger partial charge in [-0.3, -0.25) is 0 Å². The molecular formula is C31H20O12S4. The zero-order valence-corrected chi connectivity index (χ0v) is 27.7. The second kappa shape index (κ2) is 11.0. The van der Waals surface area contributed by atoms with Gasteiger partial charge in [-0.2, -0.15) is 0 Å². The van der Waals surface area contributed by atoms with Crippen LogP contribution in [0.4, 0.5) is 0 Å². The number of thioether (sulfide) groups is 4. The molecule has 0 aromatic heterocycles. The highest BCUT2D eigenvalue weighted by atomic mass is 32.2. The van der Waals surface area contributed by atoms with Crippen molar-refractivity contribution in [2.24, 2.45) is 0 Å². The van der Waals surface area contributed by atoms with E-state index in [9.17, 15) is 40.2 Å². The Morgan fingerprint density at radius 1 is 0.553 bits per heavy atom. The third-order valence-corrected chi connectivity index (χ3v) is 12.6. The van der Waals surface area contributed by atoms with E-state index >= 15 is 0 Å². The normalized spacial score (nSPS) is 18.5. The first-order chi connectivity index (χ1) is 22.1. The van der Waals surface area contributed by atoms with Crippen LogP contribution in [0.2, 0.25) is 0 Å². The molecular weight excluding hydrogens is 693 g/mol. The summed E-state index contributed by atoms with van der Waals surface area (Å²) in [4.78, 5) is 26.5. The summed E-state index contributed by atoms with van der Waals surface area (Å²) in [6.07, 6.45) is 7.14. The Bertz CT molecular complexity index is 1910. The van der Waals surface area contributed by atoms with E-state index in [1.54, 1.807) is 27.7 Å². The molecule has 0 spiro atoms. The van der Waals surface area contributed by atoms with Crippen molar-refractivity contribution in [3.8, 4) is 71.1 Å². The predicted octanol–water partition coefficient (Wildman–Crippen LogP) is 4.81. The monoisotopic (exact) mass is 712 g/mol. The topological polar surface area (TPSA) is 192 Å². The van der Waals surface area contributed by atoms with Gasteiger partial charge in [-0.1, -0.05) is 47.0 Å². The lowest BCUT2D eigenvalue weighted by atomic mass is 9.98. The Labute approximate surface area is 283 Å². The van der Waals surface area contributed by atoms with Gasteiger partial charge in [-0.05, 0) is 29.2 Å². The number of fused-ring (bicyclic) bond motifs is 4. The van der Waals surface area contributed by atoms with Gasteiger partial charge in [0.05, 0.1) is 5.56 Å². The molecule has 2 aromatic rings. The van der Waals surface area contributed by atoms with Crippen molar-refractivity contribution in [2.45, 2.75) is 73.4 Å². The quantitative estimate of drug-likeness (QED) is 0.236. The zero-order chi connectivity index (χ0) is 34.1. The van der Waals surface area contributed by atoms with Crippen molar-refractivity contribution in [1.82, 2.24) is 0 Å². The summed E-state index contributed by atoms with van der Waals surface area (Å²) < 4.78 is 21.2. The molecule has 240 valence electrons. The van der Waals surface area contributed by atoms with E-state index in [2.05, 4.69) is 23.7 Å². The Kier molecular flexibility index (Phi) is 7.58. The number of benzene rings is 2. The minimum Gasteiger partial charge on any atom is -0.478 e. The second-order valence-electron chi connectivity index (χ2n) is 10.9. The number of hydrogen-bond donors (Lipinski definition) is 6. The highest BCUT2D eigenvalue weighted by Crippen LogP contribution is 2.67. The molecule has 16 heteroatoms. The highest BCUT2D eigenvalue weighted by Gasteiger charge is 2.51. The third kappa shape index (κ3) is 5.18. The molecule has 6 rings (SSSR count). The maximum atomic E-state index is 12.9. The van der Waals surface area contributed by atoms with Crippen LogP contribution in [0.25, 0.3) is 0 Å². The van der Waals surface area contributed by atoms with Gasteiger partial charge in [-0.15, -0.1) is 0 Å². The molecule has 0 atom stereocenters. The first kappa shape index (κ1) is 32.4. The van der Waals surface area contributed by atoms with Crippen LogP contribution in [0.3, 0.4) is 0 Å². The number of aliphatic hydroxyl groups is 4. The molecule has 0 fully saturated rings. The highest BCUT2D eigenvalue weighted by molar-refractivity contribution is 8.22. The van der Waals surface area contributed by atoms with Gasteiger partial charge < -0.3 is 49.6 Å². The summed E-state index contributed by atoms with van der Waals surface area (Å²) >= 11 is 3.74. The number of ether oxygens (including phenoxy) is 4. The van der Waals surface area contributed by atoms with Crippen molar-refractivity contribution in [1.29, 1.82) is 0 Å². The first-order valence-electron chi connectivity index (χ1n) is 13.2. The van der Waals surface area contributed by atoms with Crippen molar-refractivity contribution in [3.63, 3.8) is 0 Å². The van der Waals surface area contributed by atoms with Crippen LogP contribution < -0.4 is 18.9 Å². The number of carbonyl (C=O) groups is 2. The summed E-state index contributed by atoms with van der Waals surface area (Å²) in [5, 5.41) is 59.0. The lowest BCUT2D eigenvalue weighted by molar-refractivity contribution is -0.0492. The van der Waals surface area contributed by atoms with Crippen molar-refractivity contribution in [3.05, 3.63) is 22.3 Å². The largest absolute Gasteiger partial charge is 0.478 e. The smallest absolute Gasteiger partial charge is 0.343 e. The summed E-state index contributed by atoms with van der Waals surface area (Å²) in [6, 6.07) is 0. The van der Waals surface area contributed by atoms with Crippen LogP contribution in [-0.2, 0) is 6.42 Å². The fourth-order valence-electron chi connectivity index (χ4n) is 5.32. The Morgan fingerprint density at radius 2 is 0.894 bits per heavy atom. The fraction of sp³-hybridized carbons (Fsp3) is 0.290. The van der Waals surface area contributed by atoms with Crippen LogP contribution in [0, 0.1) is 48.1 Å². The van der Waals surface area contributed by atoms with Crippen molar-refractivity contribution in [2.75, 3.05) is 0 Å². The SMILES string of the molecule is CC1(C)Oc2c(Cc3c4c(c(C(=O)O)c5c3SC(C#CO)(C#CO)S5)SC(C#CO)(C#CO)S4)c3c(c(C(=O)O)c2O1)OC(C)(C)O3. The van der Waals surface area contributed by atoms with Gasteiger partial charge in [-0.25, -0.2) is 9.59 Å². The Hall–Kier alpha value is -4.58. The summed E-state index contributed by atoms with van der Waals surface area (Å²) in [7, 11) is 0. The van der Waals surface area contributed by atoms with E-state index in [-0.39, 0.29) is 50.3 Å². The minimum absolute atomic E-state index is 0.0664. The van der Waals surface area contributed by atoms with Crippen LogP contribution in [-0.4, -0.2) is 62.3 Å². The minimum atomic E-state index is -1.53. The van der Waals surface area contributed by atoms with Crippen LogP contribution in [0.5, 0.6) is 23.0 Å². The molecule has 0 saturated carbocycles. The van der Waals surface area contributed by atoms with E-state index in [1.165, 1.54) is 0 Å². The average molecular weight is 713 g/mol. The second-order valence-corrected chi connectivity index (χ2v) is 16.3. The molecule has 12 nitrogen and oxygen atoms in total. The molecule has 0 unspecified atom stereocenters. The van der Waals surface area contributed by atoms with Gasteiger partial charge in [0.15, 0.2) is 36.7 Å². The van der Waals surface area contributed by atoms with Gasteiger partial charge in [0.2, 0.25) is 11.6 Å². The molecule has 4 aliphatic rings. The third-order valence-electron chi connectivity index (χ3n) is 6.87. The van der Waals surface area contributed by atoms with Crippen LogP contribution in [0.1, 0.15) is 59.5 Å².